The second-order valence-corrected chi connectivity index (χ2v) is 7.24. The molecule has 8 heteroatoms. The standard InChI is InChI=1S/C16H23N5OS2/c1-4-9-17-14(22)10-20(3)11-21-16(23)24-15(19-21)18-13-8-6-5-7-12(13)2/h5-8H,4,9-11H2,1-3H3,(H,17,22)(H,18,19). The van der Waals surface area contributed by atoms with E-state index in [9.17, 15) is 4.79 Å². The van der Waals surface area contributed by atoms with Crippen LogP contribution in [0.1, 0.15) is 18.9 Å². The zero-order valence-electron chi connectivity index (χ0n) is 14.2. The maximum absolute atomic E-state index is 11.8. The summed E-state index contributed by atoms with van der Waals surface area (Å²) in [7, 11) is 1.88. The van der Waals surface area contributed by atoms with E-state index in [1.54, 1.807) is 4.68 Å². The number of benzene rings is 1. The van der Waals surface area contributed by atoms with E-state index in [-0.39, 0.29) is 5.91 Å². The van der Waals surface area contributed by atoms with Gasteiger partial charge in [0, 0.05) is 12.2 Å². The van der Waals surface area contributed by atoms with Gasteiger partial charge in [0.25, 0.3) is 0 Å². The normalized spacial score (nSPS) is 10.8. The zero-order chi connectivity index (χ0) is 17.5. The first-order valence-corrected chi connectivity index (χ1v) is 9.08. The second kappa shape index (κ2) is 8.91. The van der Waals surface area contributed by atoms with Crippen LogP contribution in [0.4, 0.5) is 10.8 Å². The van der Waals surface area contributed by atoms with Gasteiger partial charge in [-0.1, -0.05) is 36.5 Å². The number of aromatic nitrogens is 2. The number of nitrogens with zero attached hydrogens (tertiary/aromatic N) is 3. The van der Waals surface area contributed by atoms with Gasteiger partial charge in [-0.05, 0) is 44.2 Å². The van der Waals surface area contributed by atoms with Crippen LogP contribution in [0.3, 0.4) is 0 Å². The first-order valence-electron chi connectivity index (χ1n) is 7.85. The Hall–Kier alpha value is -1.77. The summed E-state index contributed by atoms with van der Waals surface area (Å²) in [6.07, 6.45) is 0.931. The molecule has 1 amide bonds. The van der Waals surface area contributed by atoms with Crippen molar-refractivity contribution in [3.8, 4) is 0 Å². The number of amides is 1. The molecule has 0 saturated carbocycles. The largest absolute Gasteiger partial charge is 0.355 e. The molecule has 1 heterocycles. The summed E-state index contributed by atoms with van der Waals surface area (Å²) in [5, 5.41) is 11.4. The van der Waals surface area contributed by atoms with E-state index in [2.05, 4.69) is 15.7 Å². The SMILES string of the molecule is CCCNC(=O)CN(C)Cn1nc(Nc2ccccc2C)sc1=S. The van der Waals surface area contributed by atoms with Gasteiger partial charge in [-0.25, -0.2) is 4.68 Å². The Bertz CT molecular complexity index is 740. The number of likely N-dealkylation sites (N-methyl/N-ethyl adjacent to an activating group) is 1. The van der Waals surface area contributed by atoms with Crippen molar-refractivity contribution in [2.24, 2.45) is 0 Å². The number of carbonyl (C=O) groups excluding carboxylic acids is 1. The summed E-state index contributed by atoms with van der Waals surface area (Å²) < 4.78 is 2.40. The van der Waals surface area contributed by atoms with Gasteiger partial charge in [0.15, 0.2) is 3.95 Å². The molecule has 1 aromatic heterocycles. The van der Waals surface area contributed by atoms with Crippen LogP contribution in [-0.2, 0) is 11.5 Å². The summed E-state index contributed by atoms with van der Waals surface area (Å²) in [5.74, 6) is 0.0133. The van der Waals surface area contributed by atoms with Crippen LogP contribution in [0.5, 0.6) is 0 Å². The molecular formula is C16H23N5OS2. The van der Waals surface area contributed by atoms with Crippen LogP contribution in [-0.4, -0.2) is 40.7 Å². The Labute approximate surface area is 151 Å². The van der Waals surface area contributed by atoms with Gasteiger partial charge < -0.3 is 10.6 Å². The monoisotopic (exact) mass is 365 g/mol. The molecule has 130 valence electrons. The van der Waals surface area contributed by atoms with Crippen molar-refractivity contribution in [2.45, 2.75) is 26.9 Å². The Morgan fingerprint density at radius 3 is 2.88 bits per heavy atom. The summed E-state index contributed by atoms with van der Waals surface area (Å²) in [5.41, 5.74) is 2.16. The fourth-order valence-electron chi connectivity index (χ4n) is 2.12. The smallest absolute Gasteiger partial charge is 0.234 e. The highest BCUT2D eigenvalue weighted by molar-refractivity contribution is 7.73. The van der Waals surface area contributed by atoms with Crippen molar-refractivity contribution in [1.82, 2.24) is 20.0 Å². The predicted molar refractivity (Wildman–Crippen MR) is 101 cm³/mol. The van der Waals surface area contributed by atoms with E-state index in [4.69, 9.17) is 12.2 Å². The molecule has 2 N–H and O–H groups in total. The fourth-order valence-corrected chi connectivity index (χ4v) is 3.12. The molecule has 0 radical (unpaired) electrons. The predicted octanol–water partition coefficient (Wildman–Crippen LogP) is 3.14. The van der Waals surface area contributed by atoms with Gasteiger partial charge in [0.1, 0.15) is 0 Å². The average Bonchev–Trinajstić information content (AvgIpc) is 2.87. The quantitative estimate of drug-likeness (QED) is 0.704. The van der Waals surface area contributed by atoms with Crippen molar-refractivity contribution < 1.29 is 4.79 Å². The third-order valence-corrected chi connectivity index (χ3v) is 4.58. The molecule has 6 nitrogen and oxygen atoms in total. The van der Waals surface area contributed by atoms with E-state index in [1.807, 2.05) is 50.1 Å². The van der Waals surface area contributed by atoms with Crippen LogP contribution in [0.2, 0.25) is 0 Å². The summed E-state index contributed by atoms with van der Waals surface area (Å²) >= 11 is 6.80. The highest BCUT2D eigenvalue weighted by Crippen LogP contribution is 2.22. The first-order chi connectivity index (χ1) is 11.5. The maximum Gasteiger partial charge on any atom is 0.234 e. The van der Waals surface area contributed by atoms with E-state index in [1.165, 1.54) is 11.3 Å². The topological polar surface area (TPSA) is 62.2 Å². The minimum absolute atomic E-state index is 0.0133. The number of aryl methyl sites for hydroxylation is 1. The molecule has 0 atom stereocenters. The number of nitrogens with one attached hydrogen (secondary N) is 2. The lowest BCUT2D eigenvalue weighted by atomic mass is 10.2. The molecule has 0 aliphatic rings. The molecule has 2 rings (SSSR count). The number of hydrogen-bond acceptors (Lipinski definition) is 6. The maximum atomic E-state index is 11.8. The van der Waals surface area contributed by atoms with Crippen molar-refractivity contribution >= 4 is 40.3 Å². The molecule has 24 heavy (non-hydrogen) atoms. The third-order valence-electron chi connectivity index (χ3n) is 3.35. The molecule has 0 fully saturated rings. The van der Waals surface area contributed by atoms with E-state index >= 15 is 0 Å². The van der Waals surface area contributed by atoms with Gasteiger partial charge in [-0.15, -0.1) is 5.10 Å². The van der Waals surface area contributed by atoms with Gasteiger partial charge in [-0.2, -0.15) is 0 Å². The van der Waals surface area contributed by atoms with Gasteiger partial charge in [0.2, 0.25) is 11.0 Å². The Morgan fingerprint density at radius 2 is 2.17 bits per heavy atom. The molecule has 0 bridgehead atoms. The molecule has 0 spiro atoms. The number of rotatable bonds is 8. The van der Waals surface area contributed by atoms with Crippen LogP contribution >= 0.6 is 23.6 Å². The van der Waals surface area contributed by atoms with E-state index in [0.717, 1.165) is 22.8 Å². The lowest BCUT2D eigenvalue weighted by Gasteiger charge is -2.15. The average molecular weight is 366 g/mol. The molecule has 0 unspecified atom stereocenters. The highest BCUT2D eigenvalue weighted by Gasteiger charge is 2.10. The lowest BCUT2D eigenvalue weighted by Crippen LogP contribution is -2.36. The summed E-state index contributed by atoms with van der Waals surface area (Å²) in [4.78, 5) is 13.6. The van der Waals surface area contributed by atoms with E-state index in [0.29, 0.717) is 23.7 Å². The van der Waals surface area contributed by atoms with Crippen molar-refractivity contribution in [1.29, 1.82) is 0 Å². The fraction of sp³-hybridized carbons (Fsp3) is 0.438. The van der Waals surface area contributed by atoms with Crippen LogP contribution in [0.25, 0.3) is 0 Å². The summed E-state index contributed by atoms with van der Waals surface area (Å²) in [6, 6.07) is 8.03. The molecule has 0 saturated heterocycles. The number of carbonyl (C=O) groups is 1. The molecular weight excluding hydrogens is 342 g/mol. The minimum Gasteiger partial charge on any atom is -0.355 e. The van der Waals surface area contributed by atoms with E-state index < -0.39 is 0 Å². The van der Waals surface area contributed by atoms with Crippen LogP contribution in [0.15, 0.2) is 24.3 Å². The number of anilines is 2. The highest BCUT2D eigenvalue weighted by atomic mass is 32.1. The van der Waals surface area contributed by atoms with Gasteiger partial charge in [-0.3, -0.25) is 9.69 Å². The molecule has 0 aliphatic heterocycles. The number of para-hydroxylation sites is 1. The Balaban J connectivity index is 1.97. The molecule has 1 aromatic carbocycles. The van der Waals surface area contributed by atoms with Crippen molar-refractivity contribution in [2.75, 3.05) is 25.5 Å². The van der Waals surface area contributed by atoms with Crippen LogP contribution in [0, 0.1) is 10.9 Å². The van der Waals surface area contributed by atoms with Crippen molar-refractivity contribution in [3.63, 3.8) is 0 Å². The molecule has 0 aliphatic carbocycles. The van der Waals surface area contributed by atoms with Gasteiger partial charge in [0.05, 0.1) is 13.2 Å². The van der Waals surface area contributed by atoms with Crippen molar-refractivity contribution in [3.05, 3.63) is 33.8 Å². The Kier molecular flexibility index (Phi) is 6.89. The van der Waals surface area contributed by atoms with Crippen LogP contribution < -0.4 is 10.6 Å². The molecule has 2 aromatic rings. The first kappa shape index (κ1) is 18.6. The summed E-state index contributed by atoms with van der Waals surface area (Å²) in [6.45, 7) is 5.57. The minimum atomic E-state index is 0.0133. The second-order valence-electron chi connectivity index (χ2n) is 5.62. The zero-order valence-corrected chi connectivity index (χ0v) is 15.8. The lowest BCUT2D eigenvalue weighted by molar-refractivity contribution is -0.122. The third kappa shape index (κ3) is 5.40. The Morgan fingerprint density at radius 1 is 1.42 bits per heavy atom. The number of hydrogen-bond donors (Lipinski definition) is 2. The van der Waals surface area contributed by atoms with Gasteiger partial charge >= 0.3 is 0 Å².